The summed E-state index contributed by atoms with van der Waals surface area (Å²) in [5, 5.41) is 9.81. The number of aromatic nitrogens is 2. The summed E-state index contributed by atoms with van der Waals surface area (Å²) < 4.78 is 6.30. The fourth-order valence-corrected chi connectivity index (χ4v) is 4.35. The van der Waals surface area contributed by atoms with Crippen molar-refractivity contribution in [2.45, 2.75) is 45.3 Å². The number of likely N-dealkylation sites (N-methyl/N-ethyl adjacent to an activating group) is 1. The van der Waals surface area contributed by atoms with E-state index < -0.39 is 0 Å². The fourth-order valence-electron chi connectivity index (χ4n) is 4.35. The van der Waals surface area contributed by atoms with Crippen molar-refractivity contribution in [2.75, 3.05) is 26.7 Å². The van der Waals surface area contributed by atoms with Crippen LogP contribution in [0.15, 0.2) is 36.8 Å². The second kappa shape index (κ2) is 9.87. The number of fused-ring (bicyclic) bond motifs is 1. The van der Waals surface area contributed by atoms with Gasteiger partial charge in [0.25, 0.3) is 5.91 Å². The van der Waals surface area contributed by atoms with Gasteiger partial charge in [0.2, 0.25) is 11.8 Å². The molecule has 1 saturated carbocycles. The molecule has 3 atom stereocenters. The maximum absolute atomic E-state index is 13.5. The van der Waals surface area contributed by atoms with Crippen LogP contribution in [0.3, 0.4) is 0 Å². The molecule has 0 aromatic carbocycles. The van der Waals surface area contributed by atoms with Crippen LogP contribution in [0.2, 0.25) is 0 Å². The second-order valence-corrected chi connectivity index (χ2v) is 9.28. The van der Waals surface area contributed by atoms with Gasteiger partial charge < -0.3 is 19.6 Å². The van der Waals surface area contributed by atoms with Crippen LogP contribution in [0.1, 0.15) is 43.5 Å². The molecule has 0 spiro atoms. The molecule has 2 aromatic heterocycles. The van der Waals surface area contributed by atoms with Gasteiger partial charge in [-0.25, -0.2) is 4.98 Å². The first-order valence-corrected chi connectivity index (χ1v) is 11.6. The maximum Gasteiger partial charge on any atom is 0.259 e. The maximum atomic E-state index is 13.5. The summed E-state index contributed by atoms with van der Waals surface area (Å²) in [5.74, 6) is 0.235. The molecule has 0 unspecified atom stereocenters. The van der Waals surface area contributed by atoms with E-state index in [4.69, 9.17) is 4.74 Å². The molecule has 3 heterocycles. The highest BCUT2D eigenvalue weighted by Crippen LogP contribution is 2.31. The first-order valence-electron chi connectivity index (χ1n) is 11.6. The van der Waals surface area contributed by atoms with Crippen molar-refractivity contribution in [3.8, 4) is 17.0 Å². The minimum absolute atomic E-state index is 0.0607. The molecule has 1 aliphatic heterocycles. The number of aliphatic hydroxyl groups is 1. The molecule has 8 nitrogen and oxygen atoms in total. The van der Waals surface area contributed by atoms with Gasteiger partial charge in [0.15, 0.2) is 0 Å². The molecule has 1 fully saturated rings. The largest absolute Gasteiger partial charge is 0.472 e. The van der Waals surface area contributed by atoms with Crippen molar-refractivity contribution < 1.29 is 19.4 Å². The van der Waals surface area contributed by atoms with Gasteiger partial charge in [-0.15, -0.1) is 0 Å². The van der Waals surface area contributed by atoms with Gasteiger partial charge in [0, 0.05) is 49.6 Å². The predicted molar refractivity (Wildman–Crippen MR) is 124 cm³/mol. The zero-order valence-electron chi connectivity index (χ0n) is 19.5. The van der Waals surface area contributed by atoms with Crippen molar-refractivity contribution in [1.29, 1.82) is 0 Å². The summed E-state index contributed by atoms with van der Waals surface area (Å²) in [5.41, 5.74) is 2.04. The number of hydrogen-bond donors (Lipinski definition) is 1. The Morgan fingerprint density at radius 2 is 2.03 bits per heavy atom. The van der Waals surface area contributed by atoms with Crippen LogP contribution in [-0.2, 0) is 4.79 Å². The number of rotatable bonds is 6. The van der Waals surface area contributed by atoms with E-state index in [1.807, 2.05) is 33.0 Å². The van der Waals surface area contributed by atoms with E-state index in [2.05, 4.69) is 9.97 Å². The molecule has 8 heteroatoms. The lowest BCUT2D eigenvalue weighted by Gasteiger charge is -2.38. The highest BCUT2D eigenvalue weighted by Gasteiger charge is 2.36. The number of pyridine rings is 2. The molecule has 2 amide bonds. The summed E-state index contributed by atoms with van der Waals surface area (Å²) >= 11 is 0. The standard InChI is InChI=1S/C25H32N4O4/c1-16-13-29(17(2)15-30)25(32)21-11-20(18-7-9-26-10-8-18)12-27-23(21)33-22(16)14-28(3)24(31)19-5-4-6-19/h7-12,16-17,19,22,30H,4-6,13-15H2,1-3H3/t16-,17-,22+/m0/s1. The van der Waals surface area contributed by atoms with Gasteiger partial charge in [-0.2, -0.15) is 0 Å². The quantitative estimate of drug-likeness (QED) is 0.724. The molecular formula is C25H32N4O4. The average molecular weight is 453 g/mol. The molecule has 1 aliphatic carbocycles. The molecule has 33 heavy (non-hydrogen) atoms. The zero-order chi connectivity index (χ0) is 23.5. The topological polar surface area (TPSA) is 95.9 Å². The van der Waals surface area contributed by atoms with E-state index in [1.165, 1.54) is 0 Å². The predicted octanol–water partition coefficient (Wildman–Crippen LogP) is 2.62. The summed E-state index contributed by atoms with van der Waals surface area (Å²) in [4.78, 5) is 38.2. The highest BCUT2D eigenvalue weighted by atomic mass is 16.5. The Morgan fingerprint density at radius 3 is 2.67 bits per heavy atom. The van der Waals surface area contributed by atoms with Crippen molar-refractivity contribution in [2.24, 2.45) is 11.8 Å². The minimum Gasteiger partial charge on any atom is -0.472 e. The number of carbonyl (C=O) groups excluding carboxylic acids is 2. The molecule has 176 valence electrons. The molecule has 4 rings (SSSR count). The van der Waals surface area contributed by atoms with Gasteiger partial charge in [-0.05, 0) is 43.5 Å². The van der Waals surface area contributed by atoms with Gasteiger partial charge >= 0.3 is 0 Å². The SMILES string of the molecule is C[C@H]1CN([C@@H](C)CO)C(=O)c2cc(-c3ccncc3)cnc2O[C@@H]1CN(C)C(=O)C1CCC1. The lowest BCUT2D eigenvalue weighted by molar-refractivity contribution is -0.138. The van der Waals surface area contributed by atoms with Crippen LogP contribution in [-0.4, -0.2) is 75.6 Å². The summed E-state index contributed by atoms with van der Waals surface area (Å²) in [7, 11) is 1.82. The minimum atomic E-state index is -0.356. The second-order valence-electron chi connectivity index (χ2n) is 9.28. The van der Waals surface area contributed by atoms with Crippen LogP contribution < -0.4 is 4.74 Å². The van der Waals surface area contributed by atoms with Gasteiger partial charge in [0.05, 0.1) is 19.2 Å². The Hall–Kier alpha value is -3.00. The third-order valence-corrected chi connectivity index (χ3v) is 6.82. The van der Waals surface area contributed by atoms with E-state index in [1.54, 1.807) is 34.5 Å². The number of nitrogens with zero attached hydrogens (tertiary/aromatic N) is 4. The monoisotopic (exact) mass is 452 g/mol. The highest BCUT2D eigenvalue weighted by molar-refractivity contribution is 5.98. The molecule has 0 saturated heterocycles. The average Bonchev–Trinajstić information content (AvgIpc) is 2.79. The number of ether oxygens (including phenoxy) is 1. The Bertz CT molecular complexity index is 995. The van der Waals surface area contributed by atoms with Crippen LogP contribution in [0.25, 0.3) is 11.1 Å². The van der Waals surface area contributed by atoms with Gasteiger partial charge in [-0.1, -0.05) is 13.3 Å². The van der Waals surface area contributed by atoms with Crippen molar-refractivity contribution >= 4 is 11.8 Å². The van der Waals surface area contributed by atoms with Crippen molar-refractivity contribution in [1.82, 2.24) is 19.8 Å². The molecular weight excluding hydrogens is 420 g/mol. The van der Waals surface area contributed by atoms with Crippen molar-refractivity contribution in [3.63, 3.8) is 0 Å². The summed E-state index contributed by atoms with van der Waals surface area (Å²) in [6.45, 7) is 4.52. The third-order valence-electron chi connectivity index (χ3n) is 6.82. The van der Waals surface area contributed by atoms with Gasteiger partial charge in [-0.3, -0.25) is 14.6 Å². The van der Waals surface area contributed by atoms with Crippen LogP contribution >= 0.6 is 0 Å². The first kappa shape index (κ1) is 23.2. The molecule has 2 aliphatic rings. The summed E-state index contributed by atoms with van der Waals surface area (Å²) in [6, 6.07) is 5.15. The Balaban J connectivity index is 1.67. The van der Waals surface area contributed by atoms with E-state index in [-0.39, 0.29) is 48.3 Å². The van der Waals surface area contributed by atoms with E-state index >= 15 is 0 Å². The Kier molecular flexibility index (Phi) is 6.93. The Morgan fingerprint density at radius 1 is 1.30 bits per heavy atom. The van der Waals surface area contributed by atoms with E-state index in [0.29, 0.717) is 18.7 Å². The van der Waals surface area contributed by atoms with Crippen molar-refractivity contribution in [3.05, 3.63) is 42.4 Å². The summed E-state index contributed by atoms with van der Waals surface area (Å²) in [6.07, 6.45) is 7.74. The number of carbonyl (C=O) groups is 2. The normalized spacial score (nSPS) is 21.8. The lowest BCUT2D eigenvalue weighted by Crippen LogP contribution is -2.51. The van der Waals surface area contributed by atoms with Crippen LogP contribution in [0.4, 0.5) is 0 Å². The van der Waals surface area contributed by atoms with E-state index in [9.17, 15) is 14.7 Å². The zero-order valence-corrected chi connectivity index (χ0v) is 19.5. The first-order chi connectivity index (χ1) is 15.9. The van der Waals surface area contributed by atoms with E-state index in [0.717, 1.165) is 30.4 Å². The number of hydrogen-bond acceptors (Lipinski definition) is 6. The van der Waals surface area contributed by atoms with Crippen LogP contribution in [0.5, 0.6) is 5.88 Å². The molecule has 0 radical (unpaired) electrons. The smallest absolute Gasteiger partial charge is 0.259 e. The number of amides is 2. The molecule has 0 bridgehead atoms. The molecule has 2 aromatic rings. The van der Waals surface area contributed by atoms with Crippen LogP contribution in [0, 0.1) is 11.8 Å². The lowest BCUT2D eigenvalue weighted by atomic mass is 9.84. The third kappa shape index (κ3) is 4.85. The molecule has 1 N–H and O–H groups in total. The van der Waals surface area contributed by atoms with Gasteiger partial charge in [0.1, 0.15) is 11.7 Å². The fraction of sp³-hybridized carbons (Fsp3) is 0.520. The number of aliphatic hydroxyl groups excluding tert-OH is 1. The Labute approximate surface area is 194 Å².